The summed E-state index contributed by atoms with van der Waals surface area (Å²) >= 11 is 0. The van der Waals surface area contributed by atoms with Gasteiger partial charge in [0.15, 0.2) is 11.5 Å². The summed E-state index contributed by atoms with van der Waals surface area (Å²) in [5, 5.41) is 14.8. The number of nitrogens with zero attached hydrogens (tertiary/aromatic N) is 3. The lowest BCUT2D eigenvalue weighted by atomic mass is 10.1. The molecule has 1 aliphatic rings. The highest BCUT2D eigenvalue weighted by Gasteiger charge is 2.23. The number of carboxylic acid groups (broad SMARTS) is 2. The van der Waals surface area contributed by atoms with Crippen molar-refractivity contribution in [2.24, 2.45) is 0 Å². The molecule has 0 saturated carbocycles. The van der Waals surface area contributed by atoms with E-state index in [0.29, 0.717) is 35.9 Å². The van der Waals surface area contributed by atoms with Gasteiger partial charge in [0.25, 0.3) is 5.91 Å². The molecule has 1 amide bonds. The van der Waals surface area contributed by atoms with Crippen molar-refractivity contribution in [2.75, 3.05) is 47.5 Å². The van der Waals surface area contributed by atoms with Crippen molar-refractivity contribution in [1.29, 1.82) is 0 Å². The lowest BCUT2D eigenvalue weighted by molar-refractivity contribution is -0.159. The second-order valence-corrected chi connectivity index (χ2v) is 6.95. The van der Waals surface area contributed by atoms with Crippen LogP contribution in [0, 0.1) is 0 Å². The number of hydrogen-bond acceptors (Lipinski definition) is 8. The number of aromatic nitrogens is 1. The highest BCUT2D eigenvalue weighted by molar-refractivity contribution is 6.27. The molecule has 33 heavy (non-hydrogen) atoms. The third-order valence-electron chi connectivity index (χ3n) is 4.88. The summed E-state index contributed by atoms with van der Waals surface area (Å²) in [5.74, 6) is -1.72. The summed E-state index contributed by atoms with van der Waals surface area (Å²) in [5.41, 5.74) is 1.71. The number of benzene rings is 1. The fourth-order valence-electron chi connectivity index (χ4n) is 3.27. The van der Waals surface area contributed by atoms with E-state index < -0.39 is 11.9 Å². The maximum absolute atomic E-state index is 12.5. The fourth-order valence-corrected chi connectivity index (χ4v) is 3.27. The van der Waals surface area contributed by atoms with Gasteiger partial charge in [-0.3, -0.25) is 14.7 Å². The summed E-state index contributed by atoms with van der Waals surface area (Å²) in [7, 11) is 4.83. The van der Waals surface area contributed by atoms with Crippen LogP contribution >= 0.6 is 0 Å². The summed E-state index contributed by atoms with van der Waals surface area (Å²) in [6.07, 6.45) is 3.29. The van der Waals surface area contributed by atoms with Crippen molar-refractivity contribution < 1.29 is 38.8 Å². The summed E-state index contributed by atoms with van der Waals surface area (Å²) < 4.78 is 16.2. The molecule has 3 rings (SSSR count). The van der Waals surface area contributed by atoms with E-state index in [2.05, 4.69) is 9.88 Å². The van der Waals surface area contributed by atoms with Crippen molar-refractivity contribution in [3.63, 3.8) is 0 Å². The van der Waals surface area contributed by atoms with E-state index >= 15 is 0 Å². The number of rotatable bonds is 6. The standard InChI is InChI=1S/C20H25N3O4.C2H2O4/c1-25-17-11-15(12-18(26-2)19(17)27-3)14-22-7-9-23(10-8-22)20(24)16-5-4-6-21-13-16;3-1(4)2(5)6/h4-6,11-13H,7-10,14H2,1-3H3;(H,3,4)(H,5,6). The number of aliphatic carboxylic acids is 2. The van der Waals surface area contributed by atoms with E-state index in [9.17, 15) is 4.79 Å². The Morgan fingerprint density at radius 2 is 1.52 bits per heavy atom. The predicted molar refractivity (Wildman–Crippen MR) is 117 cm³/mol. The number of methoxy groups -OCH3 is 3. The zero-order chi connectivity index (χ0) is 24.4. The van der Waals surface area contributed by atoms with E-state index in [1.54, 1.807) is 45.9 Å². The van der Waals surface area contributed by atoms with Crippen LogP contribution in [0.2, 0.25) is 0 Å². The van der Waals surface area contributed by atoms with Gasteiger partial charge in [-0.25, -0.2) is 9.59 Å². The Bertz CT molecular complexity index is 922. The number of ether oxygens (including phenoxy) is 3. The molecule has 2 heterocycles. The van der Waals surface area contributed by atoms with Crippen molar-refractivity contribution in [2.45, 2.75) is 6.54 Å². The Morgan fingerprint density at radius 1 is 0.939 bits per heavy atom. The zero-order valence-corrected chi connectivity index (χ0v) is 18.7. The van der Waals surface area contributed by atoms with Crippen LogP contribution in [-0.4, -0.2) is 90.4 Å². The number of amides is 1. The number of carbonyl (C=O) groups is 3. The smallest absolute Gasteiger partial charge is 0.414 e. The van der Waals surface area contributed by atoms with Crippen molar-refractivity contribution in [3.8, 4) is 17.2 Å². The molecule has 2 N–H and O–H groups in total. The first-order valence-electron chi connectivity index (χ1n) is 9.97. The quantitative estimate of drug-likeness (QED) is 0.604. The Hall–Kier alpha value is -3.86. The Morgan fingerprint density at radius 3 is 1.94 bits per heavy atom. The van der Waals surface area contributed by atoms with Crippen LogP contribution in [0.1, 0.15) is 15.9 Å². The van der Waals surface area contributed by atoms with Gasteiger partial charge in [-0.05, 0) is 29.8 Å². The maximum atomic E-state index is 12.5. The molecule has 0 spiro atoms. The molecule has 0 atom stereocenters. The van der Waals surface area contributed by atoms with Crippen molar-refractivity contribution in [3.05, 3.63) is 47.8 Å². The minimum atomic E-state index is -1.82. The molecule has 2 aromatic rings. The molecular formula is C22H27N3O8. The highest BCUT2D eigenvalue weighted by atomic mass is 16.5. The molecule has 0 radical (unpaired) electrons. The van der Waals surface area contributed by atoms with Crippen LogP contribution in [0.15, 0.2) is 36.7 Å². The van der Waals surface area contributed by atoms with Gasteiger partial charge in [-0.1, -0.05) is 0 Å². The van der Waals surface area contributed by atoms with Gasteiger partial charge >= 0.3 is 11.9 Å². The summed E-state index contributed by atoms with van der Waals surface area (Å²) in [6.45, 7) is 3.76. The first kappa shape index (κ1) is 25.4. The van der Waals surface area contributed by atoms with Gasteiger partial charge < -0.3 is 29.3 Å². The molecule has 1 saturated heterocycles. The number of piperazine rings is 1. The van der Waals surface area contributed by atoms with E-state index in [-0.39, 0.29) is 5.91 Å². The molecular weight excluding hydrogens is 434 g/mol. The lowest BCUT2D eigenvalue weighted by Gasteiger charge is -2.34. The number of carboxylic acids is 2. The van der Waals surface area contributed by atoms with Crippen molar-refractivity contribution >= 4 is 17.8 Å². The Kier molecular flexibility index (Phi) is 9.43. The summed E-state index contributed by atoms with van der Waals surface area (Å²) in [4.78, 5) is 38.9. The van der Waals surface area contributed by atoms with Crippen LogP contribution in [-0.2, 0) is 16.1 Å². The molecule has 1 aliphatic heterocycles. The fraction of sp³-hybridized carbons (Fsp3) is 0.364. The zero-order valence-electron chi connectivity index (χ0n) is 18.7. The normalized spacial score (nSPS) is 13.4. The average molecular weight is 461 g/mol. The van der Waals surface area contributed by atoms with Crippen LogP contribution in [0.25, 0.3) is 0 Å². The number of pyridine rings is 1. The van der Waals surface area contributed by atoms with Crippen LogP contribution in [0.4, 0.5) is 0 Å². The van der Waals surface area contributed by atoms with Gasteiger partial charge in [0.05, 0.1) is 26.9 Å². The highest BCUT2D eigenvalue weighted by Crippen LogP contribution is 2.38. The monoisotopic (exact) mass is 461 g/mol. The topological polar surface area (TPSA) is 139 Å². The number of carbonyl (C=O) groups excluding carboxylic acids is 1. The predicted octanol–water partition coefficient (Wildman–Crippen LogP) is 1.22. The molecule has 0 bridgehead atoms. The van der Waals surface area contributed by atoms with Gasteiger partial charge in [0.2, 0.25) is 5.75 Å². The SMILES string of the molecule is COc1cc(CN2CCN(C(=O)c3cccnc3)CC2)cc(OC)c1OC.O=C(O)C(=O)O. The molecule has 1 aromatic heterocycles. The van der Waals surface area contributed by atoms with Crippen LogP contribution in [0.3, 0.4) is 0 Å². The first-order chi connectivity index (χ1) is 15.8. The van der Waals surface area contributed by atoms with Crippen LogP contribution in [0.5, 0.6) is 17.2 Å². The molecule has 1 aromatic carbocycles. The summed E-state index contributed by atoms with van der Waals surface area (Å²) in [6, 6.07) is 7.52. The lowest BCUT2D eigenvalue weighted by Crippen LogP contribution is -2.48. The molecule has 1 fully saturated rings. The minimum Gasteiger partial charge on any atom is -0.493 e. The molecule has 11 nitrogen and oxygen atoms in total. The largest absolute Gasteiger partial charge is 0.493 e. The molecule has 178 valence electrons. The third kappa shape index (κ3) is 7.07. The third-order valence-corrected chi connectivity index (χ3v) is 4.88. The van der Waals surface area contributed by atoms with Gasteiger partial charge in [0, 0.05) is 45.1 Å². The minimum absolute atomic E-state index is 0.0375. The van der Waals surface area contributed by atoms with E-state index in [4.69, 9.17) is 34.0 Å². The van der Waals surface area contributed by atoms with Gasteiger partial charge in [-0.15, -0.1) is 0 Å². The van der Waals surface area contributed by atoms with Crippen LogP contribution < -0.4 is 14.2 Å². The molecule has 0 unspecified atom stereocenters. The van der Waals surface area contributed by atoms with E-state index in [1.165, 1.54) is 0 Å². The second-order valence-electron chi connectivity index (χ2n) is 6.95. The maximum Gasteiger partial charge on any atom is 0.414 e. The number of hydrogen-bond donors (Lipinski definition) is 2. The van der Waals surface area contributed by atoms with E-state index in [0.717, 1.165) is 25.2 Å². The Balaban J connectivity index is 0.000000569. The molecule has 0 aliphatic carbocycles. The van der Waals surface area contributed by atoms with Gasteiger partial charge in [0.1, 0.15) is 0 Å². The van der Waals surface area contributed by atoms with Gasteiger partial charge in [-0.2, -0.15) is 0 Å². The van der Waals surface area contributed by atoms with Crippen molar-refractivity contribution in [1.82, 2.24) is 14.8 Å². The first-order valence-corrected chi connectivity index (χ1v) is 9.97. The average Bonchev–Trinajstić information content (AvgIpc) is 2.84. The molecule has 11 heteroatoms. The second kappa shape index (κ2) is 12.2. The van der Waals surface area contributed by atoms with E-state index in [1.807, 2.05) is 17.0 Å². The Labute approximate surface area is 191 Å².